The lowest BCUT2D eigenvalue weighted by Crippen LogP contribution is -2.66. The summed E-state index contributed by atoms with van der Waals surface area (Å²) in [6.07, 6.45) is -15.2. The van der Waals surface area contributed by atoms with Crippen molar-refractivity contribution in [3.63, 3.8) is 0 Å². The van der Waals surface area contributed by atoms with Crippen molar-refractivity contribution >= 4 is 41.8 Å². The molecule has 2 fully saturated rings. The van der Waals surface area contributed by atoms with Gasteiger partial charge in [0.25, 0.3) is 0 Å². The van der Waals surface area contributed by atoms with E-state index in [0.29, 0.717) is 0 Å². The number of esters is 7. The largest absolute Gasteiger partial charge is 0.481 e. The minimum absolute atomic E-state index is 0.0704. The van der Waals surface area contributed by atoms with Gasteiger partial charge in [-0.05, 0) is 0 Å². The van der Waals surface area contributed by atoms with E-state index in [2.05, 4.69) is 4.98 Å². The van der Waals surface area contributed by atoms with E-state index in [0.717, 1.165) is 53.0 Å². The molecule has 1 aromatic rings. The smallest absolute Gasteiger partial charge is 0.353 e. The van der Waals surface area contributed by atoms with Crippen molar-refractivity contribution in [2.24, 2.45) is 0 Å². The lowest BCUT2D eigenvalue weighted by molar-refractivity contribution is -0.349. The third-order valence-electron chi connectivity index (χ3n) is 7.19. The van der Waals surface area contributed by atoms with Gasteiger partial charge < -0.3 is 52.1 Å². The van der Waals surface area contributed by atoms with Gasteiger partial charge in [0.05, 0.1) is 7.11 Å². The van der Waals surface area contributed by atoms with E-state index >= 15 is 0 Å². The van der Waals surface area contributed by atoms with Crippen molar-refractivity contribution in [3.8, 4) is 5.88 Å². The van der Waals surface area contributed by atoms with Gasteiger partial charge >= 0.3 is 47.5 Å². The van der Waals surface area contributed by atoms with Crippen LogP contribution in [0.3, 0.4) is 0 Å². The number of nitrogens with zero attached hydrogens (tertiary/aromatic N) is 2. The van der Waals surface area contributed by atoms with Gasteiger partial charge in [-0.2, -0.15) is 4.98 Å². The molecule has 10 atom stereocenters. The average Bonchev–Trinajstić information content (AvgIpc) is 3.02. The summed E-state index contributed by atoms with van der Waals surface area (Å²) in [6, 6.07) is 1.29. The Morgan fingerprint density at radius 1 is 0.615 bits per heavy atom. The number of methoxy groups -OCH3 is 1. The first-order valence-electron chi connectivity index (χ1n) is 15.6. The van der Waals surface area contributed by atoms with Crippen LogP contribution in [0.5, 0.6) is 5.88 Å². The molecule has 0 bridgehead atoms. The number of carbonyl (C=O) groups excluding carboxylic acids is 7. The zero-order valence-electron chi connectivity index (χ0n) is 29.5. The van der Waals surface area contributed by atoms with E-state index in [-0.39, 0.29) is 5.88 Å². The summed E-state index contributed by atoms with van der Waals surface area (Å²) >= 11 is 0. The van der Waals surface area contributed by atoms with E-state index in [1.54, 1.807) is 0 Å². The van der Waals surface area contributed by atoms with Crippen LogP contribution >= 0.6 is 0 Å². The molecule has 0 N–H and O–H groups in total. The maximum atomic E-state index is 13.1. The van der Waals surface area contributed by atoms with Crippen LogP contribution in [0.25, 0.3) is 0 Å². The first-order valence-corrected chi connectivity index (χ1v) is 15.6. The van der Waals surface area contributed by atoms with E-state index in [9.17, 15) is 38.4 Å². The van der Waals surface area contributed by atoms with Crippen LogP contribution in [0.2, 0.25) is 0 Å². The normalized spacial score (nSPS) is 28.3. The molecule has 288 valence electrons. The summed E-state index contributed by atoms with van der Waals surface area (Å²) < 4.78 is 62.1. The average molecular weight is 745 g/mol. The molecule has 2 aliphatic rings. The standard InChI is InChI=1S/C31H40N2O19/c1-13(34)43-11-20-24(25(46-16(4)37)27(48-18(6)39)29(50-20)33-10-9-22(42-8)32-31(33)41)52-30-28(49-19(7)40)26(47-17(5)38)23(45-15(3)36)21(51-30)12-44-14(2)35/h9-10,20-21,23-30H,11-12H2,1-8H3. The zero-order valence-corrected chi connectivity index (χ0v) is 29.5. The maximum absolute atomic E-state index is 13.1. The summed E-state index contributed by atoms with van der Waals surface area (Å²) in [4.78, 5) is 103. The van der Waals surface area contributed by atoms with E-state index in [4.69, 9.17) is 52.1 Å². The molecule has 3 rings (SSSR count). The summed E-state index contributed by atoms with van der Waals surface area (Å²) in [5.74, 6) is -6.25. The fraction of sp³-hybridized carbons (Fsp3) is 0.645. The molecule has 52 heavy (non-hydrogen) atoms. The lowest BCUT2D eigenvalue weighted by Gasteiger charge is -2.48. The van der Waals surface area contributed by atoms with Crippen LogP contribution in [0.1, 0.15) is 54.7 Å². The molecule has 0 amide bonds. The van der Waals surface area contributed by atoms with Gasteiger partial charge in [0.2, 0.25) is 5.88 Å². The highest BCUT2D eigenvalue weighted by Gasteiger charge is 2.57. The maximum Gasteiger partial charge on any atom is 0.353 e. The predicted molar refractivity (Wildman–Crippen MR) is 164 cm³/mol. The summed E-state index contributed by atoms with van der Waals surface area (Å²) in [5, 5.41) is 0. The topological polar surface area (TPSA) is 256 Å². The number of ether oxygens (including phenoxy) is 11. The predicted octanol–water partition coefficient (Wildman–Crippen LogP) is -0.956. The van der Waals surface area contributed by atoms with E-state index in [1.807, 2.05) is 0 Å². The molecule has 3 heterocycles. The van der Waals surface area contributed by atoms with Crippen LogP contribution in [-0.2, 0) is 80.9 Å². The van der Waals surface area contributed by atoms with E-state index < -0.39 is 122 Å². The first kappa shape index (κ1) is 41.3. The van der Waals surface area contributed by atoms with Crippen molar-refractivity contribution < 1.29 is 85.7 Å². The number of aromatic nitrogens is 2. The molecule has 21 nitrogen and oxygen atoms in total. The van der Waals surface area contributed by atoms with Gasteiger partial charge in [0.15, 0.2) is 43.0 Å². The van der Waals surface area contributed by atoms with Gasteiger partial charge in [0.1, 0.15) is 31.5 Å². The Kier molecular flexibility index (Phi) is 14.6. The SMILES string of the molecule is COc1ccn(C2OC(COC(C)=O)C(OC3OC(COC(C)=O)C(OC(C)=O)C(OC(C)=O)C3OC(C)=O)C(OC(C)=O)C2OC(C)=O)c(=O)n1. The van der Waals surface area contributed by atoms with Crippen molar-refractivity contribution in [2.45, 2.75) is 110 Å². The van der Waals surface area contributed by atoms with Gasteiger partial charge in [0, 0.05) is 60.7 Å². The number of rotatable bonds is 13. The number of hydrogen-bond donors (Lipinski definition) is 0. The number of hydrogen-bond acceptors (Lipinski definition) is 20. The first-order chi connectivity index (χ1) is 24.4. The minimum atomic E-state index is -1.85. The second-order valence-corrected chi connectivity index (χ2v) is 11.3. The summed E-state index contributed by atoms with van der Waals surface area (Å²) in [5.41, 5.74) is -0.951. The van der Waals surface area contributed by atoms with Gasteiger partial charge in [-0.1, -0.05) is 0 Å². The Hall–Kier alpha value is -5.15. The Morgan fingerprint density at radius 3 is 1.52 bits per heavy atom. The van der Waals surface area contributed by atoms with E-state index in [1.165, 1.54) is 19.4 Å². The molecule has 2 saturated heterocycles. The van der Waals surface area contributed by atoms with Crippen LogP contribution in [-0.4, -0.2) is 127 Å². The number of carbonyl (C=O) groups is 7. The Balaban J connectivity index is 2.23. The van der Waals surface area contributed by atoms with Crippen LogP contribution in [0, 0.1) is 0 Å². The third kappa shape index (κ3) is 11.2. The van der Waals surface area contributed by atoms with Crippen molar-refractivity contribution in [2.75, 3.05) is 20.3 Å². The highest BCUT2D eigenvalue weighted by Crippen LogP contribution is 2.37. The molecule has 0 aromatic carbocycles. The molecule has 21 heteroatoms. The monoisotopic (exact) mass is 744 g/mol. The van der Waals surface area contributed by atoms with Crippen LogP contribution in [0.4, 0.5) is 0 Å². The molecule has 10 unspecified atom stereocenters. The molecule has 0 aliphatic carbocycles. The zero-order chi connectivity index (χ0) is 38.9. The van der Waals surface area contributed by atoms with Gasteiger partial charge in [-0.15, -0.1) is 0 Å². The Labute approximate surface area is 295 Å². The lowest BCUT2D eigenvalue weighted by atomic mass is 9.95. The molecule has 0 spiro atoms. The molecule has 0 saturated carbocycles. The molecular weight excluding hydrogens is 704 g/mol. The Bertz CT molecular complexity index is 1560. The summed E-state index contributed by atoms with van der Waals surface area (Å²) in [7, 11) is 1.27. The van der Waals surface area contributed by atoms with Crippen molar-refractivity contribution in [1.29, 1.82) is 0 Å². The third-order valence-corrected chi connectivity index (χ3v) is 7.19. The van der Waals surface area contributed by atoms with Gasteiger partial charge in [-0.3, -0.25) is 38.1 Å². The second kappa shape index (κ2) is 18.4. The fourth-order valence-corrected chi connectivity index (χ4v) is 5.42. The van der Waals surface area contributed by atoms with Crippen molar-refractivity contribution in [3.05, 3.63) is 22.7 Å². The molecule has 2 aliphatic heterocycles. The highest BCUT2D eigenvalue weighted by molar-refractivity contribution is 5.69. The molecule has 0 radical (unpaired) electrons. The van der Waals surface area contributed by atoms with Crippen molar-refractivity contribution in [1.82, 2.24) is 9.55 Å². The van der Waals surface area contributed by atoms with Gasteiger partial charge in [-0.25, -0.2) is 4.79 Å². The van der Waals surface area contributed by atoms with Crippen LogP contribution in [0.15, 0.2) is 17.1 Å². The Morgan fingerprint density at radius 2 is 1.06 bits per heavy atom. The summed E-state index contributed by atoms with van der Waals surface area (Å²) in [6.45, 7) is 6.03. The highest BCUT2D eigenvalue weighted by atomic mass is 16.8. The minimum Gasteiger partial charge on any atom is -0.481 e. The quantitative estimate of drug-likeness (QED) is 0.174. The fourth-order valence-electron chi connectivity index (χ4n) is 5.42. The van der Waals surface area contributed by atoms with Crippen LogP contribution < -0.4 is 10.4 Å². The molecule has 1 aromatic heterocycles. The second-order valence-electron chi connectivity index (χ2n) is 11.3. The molecular formula is C31H40N2O19.